The molecule has 2 aromatic carbocycles. The highest BCUT2D eigenvalue weighted by Crippen LogP contribution is 2.27. The first-order valence-electron chi connectivity index (χ1n) is 9.26. The molecule has 2 N–H and O–H groups in total. The maximum absolute atomic E-state index is 12.2. The highest BCUT2D eigenvalue weighted by Gasteiger charge is 2.28. The molecular weight excluding hydrogens is 401 g/mol. The lowest BCUT2D eigenvalue weighted by Crippen LogP contribution is -2.38. The topological polar surface area (TPSA) is 68.8 Å². The van der Waals surface area contributed by atoms with Crippen LogP contribution in [0, 0.1) is 0 Å². The van der Waals surface area contributed by atoms with Crippen LogP contribution in [0.5, 0.6) is 17.2 Å². The van der Waals surface area contributed by atoms with Crippen LogP contribution in [-0.4, -0.2) is 39.6 Å². The summed E-state index contributed by atoms with van der Waals surface area (Å²) in [5.41, 5.74) is 1.72. The van der Waals surface area contributed by atoms with Gasteiger partial charge in [0.2, 0.25) is 0 Å². The molecule has 1 unspecified atom stereocenters. The number of carbonyl (C=O) groups excluding carboxylic acids is 1. The first-order valence-corrected chi connectivity index (χ1v) is 9.26. The molecule has 0 radical (unpaired) electrons. The zero-order valence-electron chi connectivity index (χ0n) is 17.0. The predicted octanol–water partition coefficient (Wildman–Crippen LogP) is 4.25. The lowest BCUT2D eigenvalue weighted by molar-refractivity contribution is -0.153. The van der Waals surface area contributed by atoms with Crippen molar-refractivity contribution in [2.75, 3.05) is 27.4 Å². The fraction of sp³-hybridized carbons (Fsp3) is 0.381. The van der Waals surface area contributed by atoms with Gasteiger partial charge in [0.1, 0.15) is 5.75 Å². The molecule has 0 aliphatic rings. The van der Waals surface area contributed by atoms with Gasteiger partial charge in [-0.15, -0.1) is 0 Å². The van der Waals surface area contributed by atoms with Crippen LogP contribution in [-0.2, 0) is 6.42 Å². The molecule has 0 aromatic heterocycles. The Morgan fingerprint density at radius 3 is 2.30 bits per heavy atom. The van der Waals surface area contributed by atoms with Gasteiger partial charge in [-0.1, -0.05) is 18.2 Å². The third-order valence-corrected chi connectivity index (χ3v) is 4.28. The van der Waals surface area contributed by atoms with Crippen LogP contribution in [0.4, 0.5) is 18.0 Å². The second-order valence-corrected chi connectivity index (χ2v) is 6.53. The largest absolute Gasteiger partial charge is 0.493 e. The van der Waals surface area contributed by atoms with Crippen molar-refractivity contribution < 1.29 is 32.2 Å². The van der Waals surface area contributed by atoms with E-state index < -0.39 is 12.8 Å². The highest BCUT2D eigenvalue weighted by atomic mass is 19.4. The van der Waals surface area contributed by atoms with Crippen LogP contribution in [0.1, 0.15) is 24.1 Å². The number of nitrogens with one attached hydrogen (secondary N) is 2. The molecule has 9 heteroatoms. The lowest BCUT2D eigenvalue weighted by Gasteiger charge is -2.16. The van der Waals surface area contributed by atoms with Crippen LogP contribution in [0.25, 0.3) is 0 Å². The van der Waals surface area contributed by atoms with Gasteiger partial charge >= 0.3 is 12.2 Å². The number of halogens is 3. The number of amides is 2. The number of rotatable bonds is 9. The number of ether oxygens (including phenoxy) is 3. The fourth-order valence-electron chi connectivity index (χ4n) is 2.71. The third-order valence-electron chi connectivity index (χ3n) is 4.28. The predicted molar refractivity (Wildman–Crippen MR) is 106 cm³/mol. The van der Waals surface area contributed by atoms with E-state index in [1.54, 1.807) is 39.3 Å². The van der Waals surface area contributed by atoms with Crippen molar-refractivity contribution >= 4 is 6.03 Å². The molecule has 30 heavy (non-hydrogen) atoms. The number of hydrogen-bond donors (Lipinski definition) is 2. The molecule has 0 fully saturated rings. The maximum atomic E-state index is 12.2. The Bertz CT molecular complexity index is 826. The molecule has 2 rings (SSSR count). The smallest absolute Gasteiger partial charge is 0.422 e. The minimum atomic E-state index is -4.39. The molecule has 0 aliphatic heterocycles. The zero-order valence-corrected chi connectivity index (χ0v) is 17.0. The van der Waals surface area contributed by atoms with Crippen LogP contribution in [0.3, 0.4) is 0 Å². The molecular formula is C21H25F3N2O4. The molecule has 0 aliphatic carbocycles. The van der Waals surface area contributed by atoms with E-state index in [-0.39, 0.29) is 17.8 Å². The Morgan fingerprint density at radius 2 is 1.70 bits per heavy atom. The van der Waals surface area contributed by atoms with Gasteiger partial charge in [0, 0.05) is 6.54 Å². The summed E-state index contributed by atoms with van der Waals surface area (Å²) >= 11 is 0. The maximum Gasteiger partial charge on any atom is 0.422 e. The van der Waals surface area contributed by atoms with Crippen molar-refractivity contribution in [1.29, 1.82) is 0 Å². The van der Waals surface area contributed by atoms with Gasteiger partial charge in [-0.3, -0.25) is 0 Å². The number of hydrogen-bond acceptors (Lipinski definition) is 4. The molecule has 0 bridgehead atoms. The number of carbonyl (C=O) groups is 1. The van der Waals surface area contributed by atoms with Crippen molar-refractivity contribution in [2.45, 2.75) is 25.6 Å². The Balaban J connectivity index is 1.79. The average Bonchev–Trinajstić information content (AvgIpc) is 2.71. The van der Waals surface area contributed by atoms with Gasteiger partial charge in [0.15, 0.2) is 18.1 Å². The number of methoxy groups -OCH3 is 2. The van der Waals surface area contributed by atoms with E-state index >= 15 is 0 Å². The van der Waals surface area contributed by atoms with Crippen LogP contribution in [0.2, 0.25) is 0 Å². The highest BCUT2D eigenvalue weighted by molar-refractivity contribution is 5.74. The Hall–Kier alpha value is -3.10. The SMILES string of the molecule is COc1ccc(CCNC(=O)NC(C)c2ccc(OCC(F)(F)F)cc2)cc1OC. The van der Waals surface area contributed by atoms with Crippen LogP contribution >= 0.6 is 0 Å². The summed E-state index contributed by atoms with van der Waals surface area (Å²) in [5, 5.41) is 5.56. The normalized spacial score (nSPS) is 12.1. The van der Waals surface area contributed by atoms with Crippen LogP contribution in [0.15, 0.2) is 42.5 Å². The molecule has 0 saturated heterocycles. The standard InChI is InChI=1S/C21H25F3N2O4/c1-14(16-5-7-17(8-6-16)30-13-21(22,23)24)26-20(27)25-11-10-15-4-9-18(28-2)19(12-15)29-3/h4-9,12,14H,10-11,13H2,1-3H3,(H2,25,26,27). The third kappa shape index (κ3) is 7.38. The quantitative estimate of drug-likeness (QED) is 0.629. The van der Waals surface area contributed by atoms with Crippen molar-refractivity contribution in [3.8, 4) is 17.2 Å². The summed E-state index contributed by atoms with van der Waals surface area (Å²) < 4.78 is 51.7. The summed E-state index contributed by atoms with van der Waals surface area (Å²) in [6.07, 6.45) is -3.78. The van der Waals surface area contributed by atoms with Gasteiger partial charge < -0.3 is 24.8 Å². The average molecular weight is 426 g/mol. The van der Waals surface area contributed by atoms with Gasteiger partial charge in [-0.05, 0) is 48.7 Å². The number of benzene rings is 2. The van der Waals surface area contributed by atoms with E-state index in [2.05, 4.69) is 15.4 Å². The second-order valence-electron chi connectivity index (χ2n) is 6.53. The zero-order chi connectivity index (χ0) is 22.1. The number of urea groups is 1. The molecule has 0 heterocycles. The second kappa shape index (κ2) is 10.6. The van der Waals surface area contributed by atoms with E-state index in [1.807, 2.05) is 12.1 Å². The number of alkyl halides is 3. The van der Waals surface area contributed by atoms with E-state index in [9.17, 15) is 18.0 Å². The minimum Gasteiger partial charge on any atom is -0.493 e. The Morgan fingerprint density at radius 1 is 1.03 bits per heavy atom. The monoisotopic (exact) mass is 426 g/mol. The lowest BCUT2D eigenvalue weighted by atomic mass is 10.1. The summed E-state index contributed by atoms with van der Waals surface area (Å²) in [4.78, 5) is 12.1. The van der Waals surface area contributed by atoms with E-state index in [0.29, 0.717) is 24.5 Å². The van der Waals surface area contributed by atoms with Gasteiger partial charge in [-0.2, -0.15) is 13.2 Å². The molecule has 2 amide bonds. The molecule has 0 spiro atoms. The summed E-state index contributed by atoms with van der Waals surface area (Å²) in [5.74, 6) is 1.37. The van der Waals surface area contributed by atoms with E-state index in [1.165, 1.54) is 12.1 Å². The first-order chi connectivity index (χ1) is 14.2. The molecule has 6 nitrogen and oxygen atoms in total. The van der Waals surface area contributed by atoms with Crippen molar-refractivity contribution in [3.05, 3.63) is 53.6 Å². The first kappa shape index (κ1) is 23.2. The summed E-state index contributed by atoms with van der Waals surface area (Å²) in [6.45, 7) is 0.848. The Kier molecular flexibility index (Phi) is 8.20. The molecule has 2 aromatic rings. The molecule has 0 saturated carbocycles. The fourth-order valence-corrected chi connectivity index (χ4v) is 2.71. The molecule has 164 valence electrons. The van der Waals surface area contributed by atoms with E-state index in [0.717, 1.165) is 11.1 Å². The van der Waals surface area contributed by atoms with Crippen molar-refractivity contribution in [2.24, 2.45) is 0 Å². The van der Waals surface area contributed by atoms with Crippen LogP contribution < -0.4 is 24.8 Å². The van der Waals surface area contributed by atoms with Gasteiger partial charge in [0.25, 0.3) is 0 Å². The van der Waals surface area contributed by atoms with E-state index in [4.69, 9.17) is 9.47 Å². The summed E-state index contributed by atoms with van der Waals surface area (Å²) in [6, 6.07) is 11.0. The van der Waals surface area contributed by atoms with Crippen molar-refractivity contribution in [1.82, 2.24) is 10.6 Å². The van der Waals surface area contributed by atoms with Crippen molar-refractivity contribution in [3.63, 3.8) is 0 Å². The molecule has 1 atom stereocenters. The van der Waals surface area contributed by atoms with Gasteiger partial charge in [0.05, 0.1) is 20.3 Å². The Labute approximate surface area is 173 Å². The van der Waals surface area contributed by atoms with Gasteiger partial charge in [-0.25, -0.2) is 4.79 Å². The summed E-state index contributed by atoms with van der Waals surface area (Å²) in [7, 11) is 3.12. The minimum absolute atomic E-state index is 0.114.